The second-order valence-corrected chi connectivity index (χ2v) is 19.3. The van der Waals surface area contributed by atoms with E-state index >= 15 is 0 Å². The van der Waals surface area contributed by atoms with E-state index < -0.39 is 11.8 Å². The molecule has 1 fully saturated rings. The van der Waals surface area contributed by atoms with Crippen LogP contribution in [0.5, 0.6) is 11.5 Å². The van der Waals surface area contributed by atoms with Crippen LogP contribution in [0.1, 0.15) is 133 Å². The van der Waals surface area contributed by atoms with Crippen LogP contribution in [0.25, 0.3) is 0 Å². The molecule has 3 aromatic carbocycles. The van der Waals surface area contributed by atoms with Crippen LogP contribution in [0.4, 0.5) is 0 Å². The molecule has 1 amide bonds. The Morgan fingerprint density at radius 2 is 1.58 bits per heavy atom. The molecule has 1 heterocycles. The molecule has 10 heteroatoms. The van der Waals surface area contributed by atoms with Crippen molar-refractivity contribution in [1.82, 2.24) is 4.90 Å². The summed E-state index contributed by atoms with van der Waals surface area (Å²) < 4.78 is 21.0. The minimum Gasteiger partial charge on any atom is -0.493 e. The molecule has 1 aliphatic heterocycles. The zero-order valence-corrected chi connectivity index (χ0v) is 40.1. The number of rotatable bonds is 30. The van der Waals surface area contributed by atoms with Gasteiger partial charge in [0, 0.05) is 55.2 Å². The zero-order valence-electron chi connectivity index (χ0n) is 39.3. The summed E-state index contributed by atoms with van der Waals surface area (Å²) in [7, 11) is 1.91. The lowest BCUT2D eigenvalue weighted by molar-refractivity contribution is -0.255. The van der Waals surface area contributed by atoms with Crippen molar-refractivity contribution in [3.63, 3.8) is 0 Å². The average Bonchev–Trinajstić information content (AvgIpc) is 3.33. The summed E-state index contributed by atoms with van der Waals surface area (Å²) in [5.41, 5.74) is 3.92. The maximum Gasteiger partial charge on any atom is 0.239 e. The van der Waals surface area contributed by atoms with Gasteiger partial charge in [0.05, 0.1) is 24.8 Å². The molecular formula is C55H76N2O7S. The molecule has 2 N–H and O–H groups in total. The number of carbonyl (C=O) groups is 1. The number of allylic oxidation sites excluding steroid dienone is 1. The molecular weight excluding hydrogens is 833 g/mol. The van der Waals surface area contributed by atoms with E-state index in [1.54, 1.807) is 17.8 Å². The molecule has 0 aromatic heterocycles. The van der Waals surface area contributed by atoms with Crippen LogP contribution in [0, 0.1) is 17.8 Å². The molecule has 0 spiro atoms. The number of ether oxygens (including phenoxy) is 3. The highest BCUT2D eigenvalue weighted by molar-refractivity contribution is 7.99. The van der Waals surface area contributed by atoms with Crippen LogP contribution in [0.2, 0.25) is 0 Å². The molecule has 0 unspecified atom stereocenters. The Morgan fingerprint density at radius 1 is 0.892 bits per heavy atom. The third-order valence-corrected chi connectivity index (χ3v) is 14.6. The number of aliphatic hydroxyl groups is 2. The minimum absolute atomic E-state index is 0.0664. The largest absolute Gasteiger partial charge is 0.493 e. The molecule has 0 saturated heterocycles. The van der Waals surface area contributed by atoms with Gasteiger partial charge in [-0.1, -0.05) is 137 Å². The summed E-state index contributed by atoms with van der Waals surface area (Å²) >= 11 is 1.77. The number of benzene rings is 3. The van der Waals surface area contributed by atoms with E-state index in [0.717, 1.165) is 91.0 Å². The van der Waals surface area contributed by atoms with Crippen molar-refractivity contribution in [3.05, 3.63) is 114 Å². The van der Waals surface area contributed by atoms with E-state index in [-0.39, 0.29) is 49.4 Å². The number of hydrogen-bond donors (Lipinski definition) is 2. The first-order valence-corrected chi connectivity index (χ1v) is 25.7. The minimum atomic E-state index is -1.26. The van der Waals surface area contributed by atoms with Gasteiger partial charge < -0.3 is 34.2 Å². The maximum absolute atomic E-state index is 14.5. The van der Waals surface area contributed by atoms with Crippen LogP contribution < -0.4 is 9.47 Å². The fourth-order valence-electron chi connectivity index (χ4n) is 10.3. The maximum atomic E-state index is 14.5. The Morgan fingerprint density at radius 3 is 2.29 bits per heavy atom. The smallest absolute Gasteiger partial charge is 0.239 e. The lowest BCUT2D eigenvalue weighted by Crippen LogP contribution is -2.69. The summed E-state index contributed by atoms with van der Waals surface area (Å²) in [6.07, 6.45) is 20.5. The van der Waals surface area contributed by atoms with Crippen LogP contribution in [-0.4, -0.2) is 77.8 Å². The quantitative estimate of drug-likeness (QED) is 0.0295. The van der Waals surface area contributed by atoms with E-state index in [2.05, 4.69) is 49.9 Å². The third kappa shape index (κ3) is 13.7. The predicted octanol–water partition coefficient (Wildman–Crippen LogP) is 12.1. The first-order chi connectivity index (χ1) is 31.9. The second-order valence-electron chi connectivity index (χ2n) is 18.1. The van der Waals surface area contributed by atoms with Crippen molar-refractivity contribution >= 4 is 23.4 Å². The van der Waals surface area contributed by atoms with Gasteiger partial charge in [0.1, 0.15) is 24.1 Å². The molecule has 354 valence electrons. The monoisotopic (exact) mass is 909 g/mol. The summed E-state index contributed by atoms with van der Waals surface area (Å²) in [6.45, 7) is 7.68. The van der Waals surface area contributed by atoms with E-state index in [4.69, 9.17) is 24.2 Å². The van der Waals surface area contributed by atoms with Gasteiger partial charge in [0.2, 0.25) is 11.7 Å². The highest BCUT2D eigenvalue weighted by Gasteiger charge is 2.65. The van der Waals surface area contributed by atoms with Gasteiger partial charge in [-0.15, -0.1) is 18.3 Å². The van der Waals surface area contributed by atoms with Gasteiger partial charge in [-0.2, -0.15) is 0 Å². The number of amides is 1. The van der Waals surface area contributed by atoms with E-state index in [9.17, 15) is 15.0 Å². The number of hydrogen-bond acceptors (Lipinski definition) is 9. The number of thioether (sulfide) groups is 1. The first kappa shape index (κ1) is 50.3. The highest BCUT2D eigenvalue weighted by atomic mass is 32.2. The Hall–Kier alpha value is -4.09. The van der Waals surface area contributed by atoms with Gasteiger partial charge in [-0.3, -0.25) is 4.79 Å². The van der Waals surface area contributed by atoms with Crippen molar-refractivity contribution in [2.45, 2.75) is 145 Å². The van der Waals surface area contributed by atoms with Crippen LogP contribution >= 0.6 is 11.8 Å². The Labute approximate surface area is 394 Å². The van der Waals surface area contributed by atoms with Crippen molar-refractivity contribution in [3.8, 4) is 11.5 Å². The normalized spacial score (nSPS) is 22.6. The van der Waals surface area contributed by atoms with E-state index in [1.165, 1.54) is 43.4 Å². The standard InChI is InChI=1S/C55H76N2O7S/c1-4-6-7-8-9-10-11-12-19-30-52(60)57(3)51-40-49(56-63-41-42-24-15-13-16-25-42)47-38-43(26-20-22-33-58)46(29-21-23-34-59)53-48-39-44(61-36-37-65-45-27-17-14-18-28-45)31-32-50(48)64-55(51,54(47)53)62-35-5-2/h5,13-18,24-25,27-28,31-32,38-39,43,46,51,53-54,58-59H,2,4,6-12,19-23,26,29-30,33-37,40-41H2,1,3H3/t43-,46+,51-,53+,54+,55+/m0/s1. The molecule has 3 aromatic rings. The topological polar surface area (TPSA) is 110 Å². The molecule has 0 bridgehead atoms. The Bertz CT molecular complexity index is 1940. The fourth-order valence-corrected chi connectivity index (χ4v) is 11.1. The lowest BCUT2D eigenvalue weighted by Gasteiger charge is -2.59. The number of unbranched alkanes of at least 4 members (excludes halogenated alkanes) is 10. The first-order valence-electron chi connectivity index (χ1n) is 24.7. The van der Waals surface area contributed by atoms with Crippen LogP contribution in [0.15, 0.2) is 113 Å². The number of carbonyl (C=O) groups excluding carboxylic acids is 1. The number of oxime groups is 1. The van der Waals surface area contributed by atoms with Gasteiger partial charge in [-0.05, 0) is 85.4 Å². The molecule has 65 heavy (non-hydrogen) atoms. The van der Waals surface area contributed by atoms with Crippen molar-refractivity contribution in [2.75, 3.05) is 39.2 Å². The van der Waals surface area contributed by atoms with Crippen LogP contribution in [0.3, 0.4) is 0 Å². The highest BCUT2D eigenvalue weighted by Crippen LogP contribution is 2.62. The predicted molar refractivity (Wildman–Crippen MR) is 263 cm³/mol. The van der Waals surface area contributed by atoms with Gasteiger partial charge in [0.25, 0.3) is 0 Å². The third-order valence-electron chi connectivity index (χ3n) is 13.6. The lowest BCUT2D eigenvalue weighted by atomic mass is 9.55. The summed E-state index contributed by atoms with van der Waals surface area (Å²) in [4.78, 5) is 23.8. The second kappa shape index (κ2) is 26.9. The van der Waals surface area contributed by atoms with E-state index in [1.807, 2.05) is 60.5 Å². The molecule has 9 nitrogen and oxygen atoms in total. The van der Waals surface area contributed by atoms with E-state index in [0.29, 0.717) is 32.5 Å². The van der Waals surface area contributed by atoms with Gasteiger partial charge in [0.15, 0.2) is 0 Å². The van der Waals surface area contributed by atoms with Crippen LogP contribution in [-0.2, 0) is 21.0 Å². The SMILES string of the molecule is C=CCO[C@@]12Oc3ccc(OCCSc4ccccc4)cc3[C@H]3[C@H](CCCCO)[C@@H](CCCCO)C=C(C(=NOCc4ccccc4)C[C@@H]1N(C)C(=O)CCCCCCCCCCC)[C@H]32. The van der Waals surface area contributed by atoms with Gasteiger partial charge in [-0.25, -0.2) is 0 Å². The molecule has 1 saturated carbocycles. The number of aliphatic hydroxyl groups excluding tert-OH is 2. The van der Waals surface area contributed by atoms with Gasteiger partial charge >= 0.3 is 0 Å². The van der Waals surface area contributed by atoms with Crippen molar-refractivity contribution in [1.29, 1.82) is 0 Å². The fraction of sp³-hybridized carbons (Fsp3) is 0.564. The summed E-state index contributed by atoms with van der Waals surface area (Å²) in [6, 6.07) is 26.1. The number of nitrogens with zero attached hydrogens (tertiary/aromatic N) is 2. The van der Waals surface area contributed by atoms with Crippen molar-refractivity contribution in [2.24, 2.45) is 22.9 Å². The average molecular weight is 909 g/mol. The van der Waals surface area contributed by atoms with Crippen molar-refractivity contribution < 1.29 is 34.1 Å². The summed E-state index contributed by atoms with van der Waals surface area (Å²) in [5.74, 6) is 0.941. The summed E-state index contributed by atoms with van der Waals surface area (Å²) in [5, 5.41) is 24.9. The molecule has 6 rings (SSSR count). The zero-order chi connectivity index (χ0) is 45.7. The molecule has 6 atom stereocenters. The number of likely N-dealkylation sites (N-methyl/N-ethyl adjacent to an activating group) is 1. The molecule has 0 radical (unpaired) electrons. The number of fused-ring (bicyclic) bond motifs is 2. The molecule has 3 aliphatic rings. The Balaban J connectivity index is 1.39. The molecule has 2 aliphatic carbocycles. The Kier molecular flexibility index (Phi) is 20.8.